The fraction of sp³-hybridized carbons (Fsp3) is 0. The van der Waals surface area contributed by atoms with Crippen LogP contribution in [-0.2, 0) is 0 Å². The number of rotatable bonds is 2. The molecule has 3 aromatic carbocycles. The van der Waals surface area contributed by atoms with Crippen molar-refractivity contribution < 1.29 is 5.11 Å². The molecule has 0 saturated heterocycles. The second kappa shape index (κ2) is 6.07. The molecule has 3 nitrogen and oxygen atoms in total. The van der Waals surface area contributed by atoms with E-state index in [1.165, 1.54) is 0 Å². The van der Waals surface area contributed by atoms with Gasteiger partial charge in [-0.3, -0.25) is 4.57 Å². The van der Waals surface area contributed by atoms with Crippen LogP contribution in [0.1, 0.15) is 0 Å². The number of nitrogens with zero attached hydrogens (tertiary/aromatic N) is 2. The fourth-order valence-corrected chi connectivity index (χ4v) is 4.01. The Morgan fingerprint density at radius 3 is 2.38 bits per heavy atom. The number of aromatic hydroxyl groups is 1. The lowest BCUT2D eigenvalue weighted by Crippen LogP contribution is -1.97. The number of halogens is 2. The predicted molar refractivity (Wildman–Crippen MR) is 104 cm³/mol. The molecular weight excluding hydrogens is 432 g/mol. The highest BCUT2D eigenvalue weighted by Crippen LogP contribution is 2.39. The highest BCUT2D eigenvalue weighted by molar-refractivity contribution is 9.11. The van der Waals surface area contributed by atoms with Gasteiger partial charge in [0.05, 0.1) is 21.1 Å². The molecule has 0 bridgehead atoms. The van der Waals surface area contributed by atoms with Crippen molar-refractivity contribution in [3.8, 4) is 22.8 Å². The molecule has 0 aliphatic carbocycles. The van der Waals surface area contributed by atoms with Crippen LogP contribution in [0.4, 0.5) is 0 Å². The Labute approximate surface area is 155 Å². The molecule has 0 amide bonds. The summed E-state index contributed by atoms with van der Waals surface area (Å²) < 4.78 is 3.55. The molecule has 0 fully saturated rings. The second-order valence-electron chi connectivity index (χ2n) is 5.38. The first-order valence-electron chi connectivity index (χ1n) is 7.36. The lowest BCUT2D eigenvalue weighted by molar-refractivity contribution is 0.473. The molecule has 118 valence electrons. The molecule has 1 heterocycles. The summed E-state index contributed by atoms with van der Waals surface area (Å²) in [6.45, 7) is 0. The molecule has 0 atom stereocenters. The summed E-state index contributed by atoms with van der Waals surface area (Å²) in [7, 11) is 0. The average Bonchev–Trinajstić information content (AvgIpc) is 2.98. The Morgan fingerprint density at radius 2 is 1.58 bits per heavy atom. The van der Waals surface area contributed by atoms with Crippen LogP contribution in [0.2, 0.25) is 0 Å². The zero-order chi connectivity index (χ0) is 16.7. The zero-order valence-corrected chi connectivity index (χ0v) is 15.6. The average molecular weight is 444 g/mol. The molecule has 0 radical (unpaired) electrons. The Bertz CT molecular complexity index is 1040. The molecule has 0 aliphatic rings. The fourth-order valence-electron chi connectivity index (χ4n) is 2.78. The lowest BCUT2D eigenvalue weighted by atomic mass is 10.2. The number of fused-ring (bicyclic) bond motifs is 1. The van der Waals surface area contributed by atoms with E-state index in [2.05, 4.69) is 36.4 Å². The Hall–Kier alpha value is -2.11. The van der Waals surface area contributed by atoms with Gasteiger partial charge in [0.25, 0.3) is 0 Å². The van der Waals surface area contributed by atoms with E-state index in [9.17, 15) is 5.11 Å². The first kappa shape index (κ1) is 15.4. The van der Waals surface area contributed by atoms with Crippen molar-refractivity contribution >= 4 is 42.9 Å². The highest BCUT2D eigenvalue weighted by atomic mass is 79.9. The maximum absolute atomic E-state index is 10.6. The second-order valence-corrected chi connectivity index (χ2v) is 7.15. The molecule has 4 aromatic rings. The van der Waals surface area contributed by atoms with E-state index < -0.39 is 0 Å². The van der Waals surface area contributed by atoms with E-state index in [1.807, 2.05) is 66.7 Å². The molecule has 1 aromatic heterocycles. The molecule has 0 aliphatic heterocycles. The van der Waals surface area contributed by atoms with E-state index in [0.29, 0.717) is 15.9 Å². The third-order valence-electron chi connectivity index (χ3n) is 3.84. The summed E-state index contributed by atoms with van der Waals surface area (Å²) in [6, 6.07) is 21.7. The smallest absolute Gasteiger partial charge is 0.149 e. The van der Waals surface area contributed by atoms with Crippen molar-refractivity contribution in [1.82, 2.24) is 9.55 Å². The number of benzene rings is 3. The largest absolute Gasteiger partial charge is 0.506 e. The van der Waals surface area contributed by atoms with Crippen molar-refractivity contribution in [2.45, 2.75) is 0 Å². The summed E-state index contributed by atoms with van der Waals surface area (Å²) >= 11 is 6.89. The minimum Gasteiger partial charge on any atom is -0.506 e. The van der Waals surface area contributed by atoms with Gasteiger partial charge in [-0.1, -0.05) is 46.3 Å². The van der Waals surface area contributed by atoms with Gasteiger partial charge in [-0.15, -0.1) is 0 Å². The normalized spacial score (nSPS) is 11.1. The molecule has 0 saturated carbocycles. The van der Waals surface area contributed by atoms with E-state index in [-0.39, 0.29) is 5.75 Å². The van der Waals surface area contributed by atoms with Crippen LogP contribution in [-0.4, -0.2) is 14.7 Å². The molecular formula is C19H12Br2N2O. The van der Waals surface area contributed by atoms with Crippen LogP contribution in [0.25, 0.3) is 28.1 Å². The van der Waals surface area contributed by atoms with Gasteiger partial charge in [-0.25, -0.2) is 4.98 Å². The Balaban J connectivity index is 2.10. The minimum atomic E-state index is 0.172. The van der Waals surface area contributed by atoms with E-state index in [0.717, 1.165) is 21.2 Å². The van der Waals surface area contributed by atoms with Crippen molar-refractivity contribution in [1.29, 1.82) is 0 Å². The number of phenols is 1. The summed E-state index contributed by atoms with van der Waals surface area (Å²) in [5.74, 6) is 0.868. The molecule has 1 N–H and O–H groups in total. The zero-order valence-electron chi connectivity index (χ0n) is 12.4. The summed E-state index contributed by atoms with van der Waals surface area (Å²) in [4.78, 5) is 4.76. The van der Waals surface area contributed by atoms with Crippen molar-refractivity contribution in [2.75, 3.05) is 0 Å². The summed E-state index contributed by atoms with van der Waals surface area (Å²) in [6.07, 6.45) is 0. The molecule has 0 spiro atoms. The van der Waals surface area contributed by atoms with E-state index in [1.54, 1.807) is 0 Å². The maximum Gasteiger partial charge on any atom is 0.149 e. The quantitative estimate of drug-likeness (QED) is 0.417. The van der Waals surface area contributed by atoms with Gasteiger partial charge in [0.2, 0.25) is 0 Å². The summed E-state index contributed by atoms with van der Waals surface area (Å²) in [5.41, 5.74) is 3.54. The van der Waals surface area contributed by atoms with Crippen molar-refractivity contribution in [3.05, 3.63) is 75.7 Å². The van der Waals surface area contributed by atoms with E-state index in [4.69, 9.17) is 4.98 Å². The first-order chi connectivity index (χ1) is 11.6. The lowest BCUT2D eigenvalue weighted by Gasteiger charge is -2.11. The standard InChI is InChI=1S/C19H12Br2N2O/c20-12-10-14(18(24)15(21)11-12)19-22-16-8-4-5-9-17(16)23(19)13-6-2-1-3-7-13/h1-11,24H. The first-order valence-corrected chi connectivity index (χ1v) is 8.95. The maximum atomic E-state index is 10.6. The van der Waals surface area contributed by atoms with Crippen LogP contribution >= 0.6 is 31.9 Å². The van der Waals surface area contributed by atoms with E-state index >= 15 is 0 Å². The number of para-hydroxylation sites is 3. The van der Waals surface area contributed by atoms with Gasteiger partial charge >= 0.3 is 0 Å². The van der Waals surface area contributed by atoms with Gasteiger partial charge < -0.3 is 5.11 Å². The van der Waals surface area contributed by atoms with Crippen LogP contribution in [0.15, 0.2) is 75.7 Å². The molecule has 5 heteroatoms. The van der Waals surface area contributed by atoms with Gasteiger partial charge in [-0.2, -0.15) is 0 Å². The number of phenolic OH excluding ortho intramolecular Hbond substituents is 1. The number of aromatic nitrogens is 2. The van der Waals surface area contributed by atoms with Crippen LogP contribution < -0.4 is 0 Å². The van der Waals surface area contributed by atoms with Crippen LogP contribution in [0.3, 0.4) is 0 Å². The Morgan fingerprint density at radius 1 is 0.875 bits per heavy atom. The minimum absolute atomic E-state index is 0.172. The summed E-state index contributed by atoms with van der Waals surface area (Å²) in [5, 5.41) is 10.6. The number of hydrogen-bond acceptors (Lipinski definition) is 2. The van der Waals surface area contributed by atoms with Crippen molar-refractivity contribution in [3.63, 3.8) is 0 Å². The molecule has 24 heavy (non-hydrogen) atoms. The third kappa shape index (κ3) is 2.54. The topological polar surface area (TPSA) is 38.1 Å². The van der Waals surface area contributed by atoms with Crippen LogP contribution in [0, 0.1) is 0 Å². The third-order valence-corrected chi connectivity index (χ3v) is 4.91. The number of imidazole rings is 1. The monoisotopic (exact) mass is 442 g/mol. The van der Waals surface area contributed by atoms with Gasteiger partial charge in [-0.05, 0) is 52.3 Å². The predicted octanol–water partition coefficient (Wildman–Crippen LogP) is 5.92. The molecule has 4 rings (SSSR count). The molecule has 0 unspecified atom stereocenters. The van der Waals surface area contributed by atoms with Gasteiger partial charge in [0, 0.05) is 10.2 Å². The Kier molecular flexibility index (Phi) is 3.90. The van der Waals surface area contributed by atoms with Crippen molar-refractivity contribution in [2.24, 2.45) is 0 Å². The van der Waals surface area contributed by atoms with Gasteiger partial charge in [0.15, 0.2) is 0 Å². The number of hydrogen-bond donors (Lipinski definition) is 1. The van der Waals surface area contributed by atoms with Gasteiger partial charge in [0.1, 0.15) is 11.6 Å². The highest BCUT2D eigenvalue weighted by Gasteiger charge is 2.18. The SMILES string of the molecule is Oc1c(Br)cc(Br)cc1-c1nc2ccccc2n1-c1ccccc1. The van der Waals surface area contributed by atoms with Crippen LogP contribution in [0.5, 0.6) is 5.75 Å².